The second-order valence-electron chi connectivity index (χ2n) is 11.3. The number of hydrogen-bond donors (Lipinski definition) is 0. The lowest BCUT2D eigenvalue weighted by molar-refractivity contribution is 0.0568. The predicted octanol–water partition coefficient (Wildman–Crippen LogP) is 4.55. The standard InChI is InChI=1S/2C16H15N3O2/c2*20-15-13-4-1-2-5-14(13)16(21)19(15)12-7-6-11(10-12)18-9-3-8-17-18/h2*1-5,8-9,11-12H,6-7,10H2/t2*11-,12-/m10/s1. The molecule has 0 unspecified atom stereocenters. The second-order valence-corrected chi connectivity index (χ2v) is 11.3. The van der Waals surface area contributed by atoms with E-state index in [1.54, 1.807) is 60.9 Å². The molecule has 0 N–H and O–H groups in total. The fourth-order valence-electron chi connectivity index (χ4n) is 6.89. The molecule has 2 saturated carbocycles. The average Bonchev–Trinajstić information content (AvgIpc) is 3.85. The summed E-state index contributed by atoms with van der Waals surface area (Å²) in [5.74, 6) is -0.605. The minimum absolute atomic E-state index is 0.0217. The van der Waals surface area contributed by atoms with Crippen LogP contribution < -0.4 is 0 Å². The molecule has 4 atom stereocenters. The number of rotatable bonds is 4. The van der Waals surface area contributed by atoms with Crippen molar-refractivity contribution in [3.8, 4) is 0 Å². The van der Waals surface area contributed by atoms with Crippen molar-refractivity contribution in [1.82, 2.24) is 29.4 Å². The molecule has 42 heavy (non-hydrogen) atoms. The van der Waals surface area contributed by atoms with Gasteiger partial charge in [0.25, 0.3) is 23.6 Å². The molecule has 2 aliphatic heterocycles. The molecule has 0 spiro atoms. The zero-order valence-corrected chi connectivity index (χ0v) is 23.0. The Morgan fingerprint density at radius 2 is 0.810 bits per heavy atom. The highest BCUT2D eigenvalue weighted by molar-refractivity contribution is 6.22. The van der Waals surface area contributed by atoms with E-state index >= 15 is 0 Å². The van der Waals surface area contributed by atoms with Crippen LogP contribution in [0.2, 0.25) is 0 Å². The number of carbonyl (C=O) groups excluding carboxylic acids is 4. The van der Waals surface area contributed by atoms with Crippen LogP contribution in [0.15, 0.2) is 85.5 Å². The van der Waals surface area contributed by atoms with Gasteiger partial charge in [-0.25, -0.2) is 0 Å². The Balaban J connectivity index is 0.000000137. The van der Waals surface area contributed by atoms with Crippen molar-refractivity contribution in [1.29, 1.82) is 0 Å². The first kappa shape index (κ1) is 26.1. The summed E-state index contributed by atoms with van der Waals surface area (Å²) in [5, 5.41) is 8.53. The fourth-order valence-corrected chi connectivity index (χ4v) is 6.89. The van der Waals surface area contributed by atoms with Crippen LogP contribution >= 0.6 is 0 Å². The molecule has 0 bridgehead atoms. The van der Waals surface area contributed by atoms with Gasteiger partial charge in [-0.3, -0.25) is 38.3 Å². The van der Waals surface area contributed by atoms with Crippen molar-refractivity contribution in [2.45, 2.75) is 62.7 Å². The van der Waals surface area contributed by atoms with E-state index < -0.39 is 0 Å². The van der Waals surface area contributed by atoms with E-state index in [0.717, 1.165) is 38.5 Å². The van der Waals surface area contributed by atoms with E-state index in [-0.39, 0.29) is 47.8 Å². The zero-order chi connectivity index (χ0) is 28.8. The van der Waals surface area contributed by atoms with Gasteiger partial charge in [-0.2, -0.15) is 10.2 Å². The summed E-state index contributed by atoms with van der Waals surface area (Å²) in [4.78, 5) is 52.8. The second kappa shape index (κ2) is 10.5. The number of imide groups is 2. The zero-order valence-electron chi connectivity index (χ0n) is 23.0. The number of aromatic nitrogens is 4. The lowest BCUT2D eigenvalue weighted by Crippen LogP contribution is -2.38. The molecule has 4 aromatic rings. The molecule has 8 rings (SSSR count). The van der Waals surface area contributed by atoms with Gasteiger partial charge in [0.15, 0.2) is 0 Å². The maximum absolute atomic E-state index is 12.5. The van der Waals surface area contributed by atoms with Crippen molar-refractivity contribution < 1.29 is 19.2 Å². The average molecular weight is 563 g/mol. The Morgan fingerprint density at radius 1 is 0.476 bits per heavy atom. The SMILES string of the molecule is O=C1c2ccccc2C(=O)N1[C@@H]1CC[C@@H](n2cccn2)C1.O=C1c2ccccc2C(=O)N1[C@H]1CC[C@H](n2cccn2)C1. The van der Waals surface area contributed by atoms with Crippen molar-refractivity contribution in [2.24, 2.45) is 0 Å². The Bertz CT molecular complexity index is 1470. The van der Waals surface area contributed by atoms with Crippen LogP contribution in [0, 0.1) is 0 Å². The molecule has 2 aromatic heterocycles. The maximum atomic E-state index is 12.5. The smallest absolute Gasteiger partial charge is 0.261 e. The van der Waals surface area contributed by atoms with Gasteiger partial charge >= 0.3 is 0 Å². The van der Waals surface area contributed by atoms with E-state index in [0.29, 0.717) is 22.3 Å². The summed E-state index contributed by atoms with van der Waals surface area (Å²) in [6, 6.07) is 18.4. The fraction of sp³-hybridized carbons (Fsp3) is 0.312. The molecule has 4 amide bonds. The van der Waals surface area contributed by atoms with Gasteiger partial charge in [0.1, 0.15) is 0 Å². The Hall–Kier alpha value is -4.86. The number of benzene rings is 2. The first-order valence-electron chi connectivity index (χ1n) is 14.4. The van der Waals surface area contributed by atoms with E-state index in [9.17, 15) is 19.2 Å². The third-order valence-electron chi connectivity index (χ3n) is 8.93. The molecular weight excluding hydrogens is 532 g/mol. The molecule has 2 aliphatic carbocycles. The molecular formula is C32H30N6O4. The quantitative estimate of drug-likeness (QED) is 0.338. The number of nitrogens with zero attached hydrogens (tertiary/aromatic N) is 6. The van der Waals surface area contributed by atoms with E-state index in [4.69, 9.17) is 0 Å². The van der Waals surface area contributed by atoms with Gasteiger partial charge in [0.05, 0.1) is 34.3 Å². The van der Waals surface area contributed by atoms with Gasteiger partial charge in [-0.15, -0.1) is 0 Å². The maximum Gasteiger partial charge on any atom is 0.261 e. The molecule has 4 heterocycles. The monoisotopic (exact) mass is 562 g/mol. The van der Waals surface area contributed by atoms with Crippen LogP contribution in [0.3, 0.4) is 0 Å². The Labute approximate surface area is 242 Å². The molecule has 10 nitrogen and oxygen atoms in total. The molecule has 2 aromatic carbocycles. The summed E-state index contributed by atoms with van der Waals surface area (Å²) in [5.41, 5.74) is 2.13. The number of carbonyl (C=O) groups is 4. The highest BCUT2D eigenvalue weighted by Gasteiger charge is 2.44. The third-order valence-corrected chi connectivity index (χ3v) is 8.93. The van der Waals surface area contributed by atoms with Gasteiger partial charge in [-0.05, 0) is 74.9 Å². The highest BCUT2D eigenvalue weighted by Crippen LogP contribution is 2.38. The molecule has 212 valence electrons. The highest BCUT2D eigenvalue weighted by atomic mass is 16.2. The molecule has 0 radical (unpaired) electrons. The van der Waals surface area contributed by atoms with E-state index in [2.05, 4.69) is 10.2 Å². The predicted molar refractivity (Wildman–Crippen MR) is 152 cm³/mol. The van der Waals surface area contributed by atoms with Gasteiger partial charge in [0, 0.05) is 36.9 Å². The van der Waals surface area contributed by atoms with Crippen molar-refractivity contribution in [3.05, 3.63) is 108 Å². The normalized spacial score (nSPS) is 24.7. The summed E-state index contributed by atoms with van der Waals surface area (Å²) in [7, 11) is 0. The topological polar surface area (TPSA) is 110 Å². The Kier molecular flexibility index (Phi) is 6.53. The van der Waals surface area contributed by atoms with Crippen molar-refractivity contribution in [3.63, 3.8) is 0 Å². The lowest BCUT2D eigenvalue weighted by Gasteiger charge is -2.22. The van der Waals surface area contributed by atoms with E-state index in [1.807, 2.05) is 33.9 Å². The van der Waals surface area contributed by atoms with Gasteiger partial charge in [0.2, 0.25) is 0 Å². The summed E-state index contributed by atoms with van der Waals surface area (Å²) in [6.07, 6.45) is 12.5. The first-order chi connectivity index (χ1) is 20.5. The van der Waals surface area contributed by atoms with Crippen molar-refractivity contribution >= 4 is 23.6 Å². The number of amides is 4. The molecule has 10 heteroatoms. The van der Waals surface area contributed by atoms with Crippen LogP contribution in [-0.4, -0.2) is 65.1 Å². The molecule has 2 fully saturated rings. The third kappa shape index (κ3) is 4.34. The molecule has 4 aliphatic rings. The van der Waals surface area contributed by atoms with Crippen LogP contribution in [0.4, 0.5) is 0 Å². The number of fused-ring (bicyclic) bond motifs is 2. The Morgan fingerprint density at radius 3 is 1.12 bits per heavy atom. The lowest BCUT2D eigenvalue weighted by atomic mass is 10.1. The summed E-state index contributed by atoms with van der Waals surface area (Å²) in [6.45, 7) is 0. The molecule has 0 saturated heterocycles. The van der Waals surface area contributed by atoms with Crippen molar-refractivity contribution in [2.75, 3.05) is 0 Å². The van der Waals surface area contributed by atoms with Crippen LogP contribution in [0.25, 0.3) is 0 Å². The summed E-state index contributed by atoms with van der Waals surface area (Å²) < 4.78 is 3.86. The number of hydrogen-bond acceptors (Lipinski definition) is 6. The minimum atomic E-state index is -0.151. The first-order valence-corrected chi connectivity index (χ1v) is 14.4. The van der Waals surface area contributed by atoms with Gasteiger partial charge < -0.3 is 0 Å². The largest absolute Gasteiger partial charge is 0.271 e. The van der Waals surface area contributed by atoms with Gasteiger partial charge in [-0.1, -0.05) is 24.3 Å². The van der Waals surface area contributed by atoms with Crippen LogP contribution in [0.5, 0.6) is 0 Å². The van der Waals surface area contributed by atoms with E-state index in [1.165, 1.54) is 9.80 Å². The minimum Gasteiger partial charge on any atom is -0.271 e. The van der Waals surface area contributed by atoms with Crippen LogP contribution in [0.1, 0.15) is 92.0 Å². The van der Waals surface area contributed by atoms with Crippen LogP contribution in [-0.2, 0) is 0 Å². The summed E-state index contributed by atoms with van der Waals surface area (Å²) >= 11 is 0.